The Morgan fingerprint density at radius 2 is 1.70 bits per heavy atom. The molecule has 3 aromatic rings. The van der Waals surface area contributed by atoms with Gasteiger partial charge in [0.05, 0.1) is 11.3 Å². The molecule has 5 nitrogen and oxygen atoms in total. The van der Waals surface area contributed by atoms with E-state index in [1.165, 1.54) is 37.3 Å². The summed E-state index contributed by atoms with van der Waals surface area (Å²) in [4.78, 5) is 8.66. The van der Waals surface area contributed by atoms with Crippen molar-refractivity contribution in [3.8, 4) is 17.0 Å². The second-order valence-electron chi connectivity index (χ2n) is 7.61. The van der Waals surface area contributed by atoms with Gasteiger partial charge in [-0.05, 0) is 49.6 Å². The minimum atomic E-state index is -4.85. The van der Waals surface area contributed by atoms with Crippen molar-refractivity contribution in [1.82, 2.24) is 9.97 Å². The molecule has 2 N–H and O–H groups in total. The summed E-state index contributed by atoms with van der Waals surface area (Å²) in [7, 11) is 0. The van der Waals surface area contributed by atoms with Crippen LogP contribution < -0.4 is 15.4 Å². The maximum Gasteiger partial charge on any atom is 0.573 e. The summed E-state index contributed by atoms with van der Waals surface area (Å²) in [5, 5.41) is 5.93. The fraction of sp³-hybridized carbons (Fsp3) is 0.273. The first kappa shape index (κ1) is 22.7. The van der Waals surface area contributed by atoms with Crippen molar-refractivity contribution < 1.29 is 31.1 Å². The molecular weight excluding hydrogens is 450 g/mol. The van der Waals surface area contributed by atoms with Gasteiger partial charge < -0.3 is 15.4 Å². The van der Waals surface area contributed by atoms with Crippen LogP contribution in [0.15, 0.2) is 48.5 Å². The molecule has 0 spiro atoms. The SMILES string of the molecule is Cc1ccc(Nc2cc(-c3cccc(OC(F)(F)F)c3)nc(NC3CC3)n2)cc1C(F)(F)F. The van der Waals surface area contributed by atoms with E-state index < -0.39 is 23.9 Å². The number of nitrogens with zero attached hydrogens (tertiary/aromatic N) is 2. The number of hydrogen-bond donors (Lipinski definition) is 2. The number of aromatic nitrogens is 2. The molecule has 0 atom stereocenters. The molecule has 1 saturated carbocycles. The van der Waals surface area contributed by atoms with Crippen LogP contribution in [0.25, 0.3) is 11.3 Å². The zero-order chi connectivity index (χ0) is 23.8. The molecule has 1 heterocycles. The number of rotatable bonds is 6. The largest absolute Gasteiger partial charge is 0.573 e. The average molecular weight is 468 g/mol. The Morgan fingerprint density at radius 3 is 2.36 bits per heavy atom. The molecule has 1 fully saturated rings. The Bertz CT molecular complexity index is 1160. The molecule has 4 rings (SSSR count). The molecule has 174 valence electrons. The zero-order valence-electron chi connectivity index (χ0n) is 17.2. The highest BCUT2D eigenvalue weighted by molar-refractivity contribution is 5.69. The molecular formula is C22H18F6N4O. The lowest BCUT2D eigenvalue weighted by Crippen LogP contribution is -2.17. The lowest BCUT2D eigenvalue weighted by Gasteiger charge is -2.15. The van der Waals surface area contributed by atoms with E-state index in [4.69, 9.17) is 0 Å². The van der Waals surface area contributed by atoms with Crippen LogP contribution in [0.4, 0.5) is 43.8 Å². The number of ether oxygens (including phenoxy) is 1. The van der Waals surface area contributed by atoms with Crippen LogP contribution >= 0.6 is 0 Å². The number of nitrogens with one attached hydrogen (secondary N) is 2. The molecule has 0 radical (unpaired) electrons. The first-order valence-corrected chi connectivity index (χ1v) is 9.93. The summed E-state index contributed by atoms with van der Waals surface area (Å²) in [6, 6.07) is 10.7. The van der Waals surface area contributed by atoms with Crippen LogP contribution in [0.5, 0.6) is 5.75 Å². The van der Waals surface area contributed by atoms with Gasteiger partial charge >= 0.3 is 12.5 Å². The van der Waals surface area contributed by atoms with Gasteiger partial charge in [-0.1, -0.05) is 18.2 Å². The smallest absolute Gasteiger partial charge is 0.406 e. The van der Waals surface area contributed by atoms with Crippen LogP contribution in [0.2, 0.25) is 0 Å². The van der Waals surface area contributed by atoms with Crippen molar-refractivity contribution in [1.29, 1.82) is 0 Å². The Balaban J connectivity index is 1.69. The molecule has 0 bridgehead atoms. The second-order valence-corrected chi connectivity index (χ2v) is 7.61. The van der Waals surface area contributed by atoms with Crippen molar-refractivity contribution in [2.75, 3.05) is 10.6 Å². The zero-order valence-corrected chi connectivity index (χ0v) is 17.2. The number of benzene rings is 2. The third kappa shape index (κ3) is 6.05. The van der Waals surface area contributed by atoms with Gasteiger partial charge in [0.2, 0.25) is 5.95 Å². The first-order valence-electron chi connectivity index (χ1n) is 9.93. The second kappa shape index (κ2) is 8.45. The van der Waals surface area contributed by atoms with E-state index >= 15 is 0 Å². The molecule has 0 unspecified atom stereocenters. The van der Waals surface area contributed by atoms with E-state index in [1.807, 2.05) is 0 Å². The highest BCUT2D eigenvalue weighted by Crippen LogP contribution is 2.35. The molecule has 0 aliphatic heterocycles. The van der Waals surface area contributed by atoms with Gasteiger partial charge in [-0.3, -0.25) is 0 Å². The maximum atomic E-state index is 13.3. The summed E-state index contributed by atoms with van der Waals surface area (Å²) in [5.74, 6) is -0.0248. The van der Waals surface area contributed by atoms with Gasteiger partial charge in [0.15, 0.2) is 0 Å². The van der Waals surface area contributed by atoms with Crippen LogP contribution in [0, 0.1) is 6.92 Å². The monoisotopic (exact) mass is 468 g/mol. The first-order chi connectivity index (χ1) is 15.5. The quantitative estimate of drug-likeness (QED) is 0.395. The number of aryl methyl sites for hydroxylation is 1. The summed E-state index contributed by atoms with van der Waals surface area (Å²) >= 11 is 0. The van der Waals surface area contributed by atoms with E-state index in [2.05, 4.69) is 25.3 Å². The molecule has 1 aliphatic carbocycles. The fourth-order valence-corrected chi connectivity index (χ4v) is 3.14. The summed E-state index contributed by atoms with van der Waals surface area (Å²) < 4.78 is 81.6. The van der Waals surface area contributed by atoms with E-state index in [1.54, 1.807) is 6.07 Å². The lowest BCUT2D eigenvalue weighted by atomic mass is 10.1. The molecule has 2 aromatic carbocycles. The molecule has 1 aromatic heterocycles. The third-order valence-electron chi connectivity index (χ3n) is 4.82. The van der Waals surface area contributed by atoms with Gasteiger partial charge in [0.1, 0.15) is 11.6 Å². The van der Waals surface area contributed by atoms with Gasteiger partial charge in [-0.2, -0.15) is 18.2 Å². The summed E-state index contributed by atoms with van der Waals surface area (Å²) in [5.41, 5.74) is 0.0422. The van der Waals surface area contributed by atoms with Crippen molar-refractivity contribution in [2.24, 2.45) is 0 Å². The normalized spacial score (nSPS) is 14.2. The molecule has 0 saturated heterocycles. The highest BCUT2D eigenvalue weighted by Gasteiger charge is 2.33. The Labute approximate surface area is 184 Å². The van der Waals surface area contributed by atoms with Gasteiger partial charge in [0.25, 0.3) is 0 Å². The van der Waals surface area contributed by atoms with Crippen LogP contribution in [-0.4, -0.2) is 22.4 Å². The topological polar surface area (TPSA) is 59.1 Å². The van der Waals surface area contributed by atoms with Crippen LogP contribution in [-0.2, 0) is 6.18 Å². The lowest BCUT2D eigenvalue weighted by molar-refractivity contribution is -0.274. The maximum absolute atomic E-state index is 13.3. The van der Waals surface area contributed by atoms with Gasteiger partial charge in [-0.15, -0.1) is 13.2 Å². The number of anilines is 3. The van der Waals surface area contributed by atoms with E-state index in [0.717, 1.165) is 25.0 Å². The van der Waals surface area contributed by atoms with Crippen molar-refractivity contribution in [3.63, 3.8) is 0 Å². The van der Waals surface area contributed by atoms with Crippen LogP contribution in [0.1, 0.15) is 24.0 Å². The standard InChI is InChI=1S/C22H18F6N4O/c1-12-5-6-15(10-17(12)21(23,24)25)29-19-11-18(31-20(32-19)30-14-7-8-14)13-3-2-4-16(9-13)33-22(26,27)28/h2-6,9-11,14H,7-8H2,1H3,(H2,29,30,31,32). The molecule has 1 aliphatic rings. The van der Waals surface area contributed by atoms with Crippen molar-refractivity contribution in [2.45, 2.75) is 38.3 Å². The predicted octanol–water partition coefficient (Wildman–Crippen LogP) is 6.69. The Morgan fingerprint density at radius 1 is 0.939 bits per heavy atom. The number of alkyl halides is 6. The van der Waals surface area contributed by atoms with Crippen LogP contribution in [0.3, 0.4) is 0 Å². The fourth-order valence-electron chi connectivity index (χ4n) is 3.14. The Hall–Kier alpha value is -3.50. The van der Waals surface area contributed by atoms with E-state index in [-0.39, 0.29) is 34.8 Å². The molecule has 0 amide bonds. The van der Waals surface area contributed by atoms with Crippen molar-refractivity contribution in [3.05, 3.63) is 59.7 Å². The highest BCUT2D eigenvalue weighted by atomic mass is 19.4. The summed E-state index contributed by atoms with van der Waals surface area (Å²) in [6.07, 6.45) is -7.54. The van der Waals surface area contributed by atoms with E-state index in [0.29, 0.717) is 5.56 Å². The molecule has 11 heteroatoms. The van der Waals surface area contributed by atoms with Gasteiger partial charge in [0, 0.05) is 23.4 Å². The third-order valence-corrected chi connectivity index (χ3v) is 4.82. The minimum absolute atomic E-state index is 0.0778. The van der Waals surface area contributed by atoms with E-state index in [9.17, 15) is 26.3 Å². The number of hydrogen-bond acceptors (Lipinski definition) is 5. The molecule has 33 heavy (non-hydrogen) atoms. The Kier molecular flexibility index (Phi) is 5.81. The average Bonchev–Trinajstić information content (AvgIpc) is 3.51. The van der Waals surface area contributed by atoms with Gasteiger partial charge in [-0.25, -0.2) is 4.98 Å². The number of halogens is 6. The van der Waals surface area contributed by atoms with Crippen molar-refractivity contribution >= 4 is 17.5 Å². The predicted molar refractivity (Wildman–Crippen MR) is 110 cm³/mol. The summed E-state index contributed by atoms with van der Waals surface area (Å²) in [6.45, 7) is 1.36. The minimum Gasteiger partial charge on any atom is -0.406 e.